The van der Waals surface area contributed by atoms with Gasteiger partial charge in [-0.3, -0.25) is 4.99 Å². The number of carboxylic acids is 1. The first-order valence-electron chi connectivity index (χ1n) is 12.6. The number of hydrogen-bond acceptors (Lipinski definition) is 5. The van der Waals surface area contributed by atoms with Crippen molar-refractivity contribution in [2.24, 2.45) is 4.99 Å². The maximum absolute atomic E-state index is 12.8. The Bertz CT molecular complexity index is 814. The van der Waals surface area contributed by atoms with E-state index in [1.807, 2.05) is 52.8 Å². The van der Waals surface area contributed by atoms with Gasteiger partial charge in [0.05, 0.1) is 10.6 Å². The van der Waals surface area contributed by atoms with Crippen molar-refractivity contribution in [3.8, 4) is 0 Å². The first-order valence-corrected chi connectivity index (χ1v) is 13.6. The van der Waals surface area contributed by atoms with E-state index >= 15 is 0 Å². The summed E-state index contributed by atoms with van der Waals surface area (Å²) in [6, 6.07) is 0. The summed E-state index contributed by atoms with van der Waals surface area (Å²) in [5.74, 6) is 0.229. The minimum Gasteiger partial charge on any atom is -0.482 e. The predicted octanol–water partition coefficient (Wildman–Crippen LogP) is 7.61. The second-order valence-corrected chi connectivity index (χ2v) is 7.96. The summed E-state index contributed by atoms with van der Waals surface area (Å²) in [5, 5.41) is 9.44. The first kappa shape index (κ1) is 36.6. The van der Waals surface area contributed by atoms with Crippen molar-refractivity contribution in [3.05, 3.63) is 72.6 Å². The van der Waals surface area contributed by atoms with Crippen LogP contribution in [-0.2, 0) is 9.53 Å². The summed E-state index contributed by atoms with van der Waals surface area (Å²) in [4.78, 5) is 17.3. The molecule has 0 aliphatic carbocycles. The van der Waals surface area contributed by atoms with Gasteiger partial charge in [0.2, 0.25) is 0 Å². The number of aliphatic carboxylic acids is 1. The van der Waals surface area contributed by atoms with Crippen LogP contribution in [0.3, 0.4) is 0 Å². The van der Waals surface area contributed by atoms with Gasteiger partial charge in [-0.05, 0) is 44.1 Å². The van der Waals surface area contributed by atoms with Gasteiger partial charge < -0.3 is 14.7 Å². The van der Waals surface area contributed by atoms with Crippen LogP contribution in [0.4, 0.5) is 13.2 Å². The molecule has 0 saturated carbocycles. The molecule has 1 aliphatic heterocycles. The molecular weight excluding hydrogens is 501 g/mol. The molecular formula is C28H43F3N2O3S. The fourth-order valence-corrected chi connectivity index (χ4v) is 3.65. The molecule has 9 heteroatoms. The molecule has 37 heavy (non-hydrogen) atoms. The van der Waals surface area contributed by atoms with Gasteiger partial charge in [-0.2, -0.15) is 13.2 Å². The molecule has 0 spiro atoms. The van der Waals surface area contributed by atoms with E-state index in [9.17, 15) is 18.0 Å². The maximum atomic E-state index is 12.8. The SMILES string of the molecule is C=C/C(=C\C=C\C(=NCC)SCCN1CC/C=C/C=C(OCC(=O)O)\C=C\CC1)C(F)(F)F.CC.CC. The van der Waals surface area contributed by atoms with Crippen molar-refractivity contribution >= 4 is 22.8 Å². The number of nitrogens with zero attached hydrogens (tertiary/aromatic N) is 2. The number of ether oxygens (including phenoxy) is 1. The lowest BCUT2D eigenvalue weighted by molar-refractivity contribution is -0.140. The third-order valence-corrected chi connectivity index (χ3v) is 5.25. The van der Waals surface area contributed by atoms with Crippen molar-refractivity contribution < 1.29 is 27.8 Å². The van der Waals surface area contributed by atoms with E-state index in [2.05, 4.69) is 16.5 Å². The summed E-state index contributed by atoms with van der Waals surface area (Å²) >= 11 is 1.50. The van der Waals surface area contributed by atoms with E-state index in [0.29, 0.717) is 17.3 Å². The number of aliphatic imine (C=N–C) groups is 1. The lowest BCUT2D eigenvalue weighted by atomic mass is 10.2. The highest BCUT2D eigenvalue weighted by Crippen LogP contribution is 2.26. The monoisotopic (exact) mass is 544 g/mol. The number of carboxylic acid groups (broad SMARTS) is 1. The van der Waals surface area contributed by atoms with Crippen LogP contribution in [0.15, 0.2) is 77.6 Å². The van der Waals surface area contributed by atoms with Gasteiger partial charge in [0, 0.05) is 31.9 Å². The van der Waals surface area contributed by atoms with Crippen LogP contribution in [0.1, 0.15) is 47.5 Å². The first-order chi connectivity index (χ1) is 17.8. The zero-order chi connectivity index (χ0) is 28.5. The lowest BCUT2D eigenvalue weighted by Crippen LogP contribution is -2.28. The normalized spacial score (nSPS) is 18.6. The van der Waals surface area contributed by atoms with Gasteiger partial charge in [-0.25, -0.2) is 4.79 Å². The molecule has 210 valence electrons. The van der Waals surface area contributed by atoms with Gasteiger partial charge in [-0.15, -0.1) is 11.8 Å². The molecule has 0 atom stereocenters. The zero-order valence-corrected chi connectivity index (χ0v) is 23.6. The zero-order valence-electron chi connectivity index (χ0n) is 22.8. The second kappa shape index (κ2) is 23.9. The minimum absolute atomic E-state index is 0.385. The standard InChI is InChI=1S/C24H31F3N2O3S.2C2H6/c1-3-20(24(25,26)27)11-10-14-22(28-4-2)33-18-17-29-15-8-5-6-12-21(13-7-9-16-29)32-19-23(30)31;2*1-2/h3,5-7,10-14H,1,4,8-9,15-19H2,2H3,(H,30,31);2*1-2H3/b6-5+,13-7+,14-10+,20-11+,21-12+,28-22?;;. The van der Waals surface area contributed by atoms with Gasteiger partial charge in [0.15, 0.2) is 6.61 Å². The number of alkyl halides is 3. The molecule has 0 fully saturated rings. The van der Waals surface area contributed by atoms with Crippen LogP contribution in [0, 0.1) is 0 Å². The average molecular weight is 545 g/mol. The predicted molar refractivity (Wildman–Crippen MR) is 152 cm³/mol. The van der Waals surface area contributed by atoms with E-state index < -0.39 is 17.7 Å². The molecule has 1 heterocycles. The fraction of sp³-hybridized carbons (Fsp3) is 0.500. The van der Waals surface area contributed by atoms with Crippen molar-refractivity contribution in [2.45, 2.75) is 53.6 Å². The average Bonchev–Trinajstić information content (AvgIpc) is 2.92. The Balaban J connectivity index is 0. The number of hydrogen-bond donors (Lipinski definition) is 1. The fourth-order valence-electron chi connectivity index (χ4n) is 2.70. The Labute approximate surface area is 225 Å². The summed E-state index contributed by atoms with van der Waals surface area (Å²) in [7, 11) is 0. The minimum atomic E-state index is -4.43. The smallest absolute Gasteiger partial charge is 0.416 e. The van der Waals surface area contributed by atoms with E-state index in [1.54, 1.807) is 18.2 Å². The topological polar surface area (TPSA) is 62.1 Å². The summed E-state index contributed by atoms with van der Waals surface area (Å²) < 4.78 is 43.6. The van der Waals surface area contributed by atoms with Gasteiger partial charge in [0.1, 0.15) is 5.76 Å². The Morgan fingerprint density at radius 1 is 1.22 bits per heavy atom. The van der Waals surface area contributed by atoms with Crippen molar-refractivity contribution in [1.82, 2.24) is 4.90 Å². The Morgan fingerprint density at radius 3 is 2.43 bits per heavy atom. The Morgan fingerprint density at radius 2 is 1.86 bits per heavy atom. The quantitative estimate of drug-likeness (QED) is 0.174. The van der Waals surface area contributed by atoms with E-state index in [4.69, 9.17) is 9.84 Å². The van der Waals surface area contributed by atoms with Crippen LogP contribution >= 0.6 is 11.8 Å². The molecule has 1 aliphatic rings. The maximum Gasteiger partial charge on any atom is 0.416 e. The van der Waals surface area contributed by atoms with Crippen molar-refractivity contribution in [3.63, 3.8) is 0 Å². The number of halogens is 3. The highest BCUT2D eigenvalue weighted by molar-refractivity contribution is 8.14. The van der Waals surface area contributed by atoms with Crippen molar-refractivity contribution in [2.75, 3.05) is 38.5 Å². The third-order valence-electron chi connectivity index (χ3n) is 4.30. The van der Waals surface area contributed by atoms with Crippen LogP contribution < -0.4 is 0 Å². The van der Waals surface area contributed by atoms with Crippen LogP contribution in [0.5, 0.6) is 0 Å². The van der Waals surface area contributed by atoms with Gasteiger partial charge >= 0.3 is 12.1 Å². The number of rotatable bonds is 10. The molecule has 0 aromatic heterocycles. The molecule has 0 amide bonds. The van der Waals surface area contributed by atoms with E-state index in [-0.39, 0.29) is 6.61 Å². The highest BCUT2D eigenvalue weighted by atomic mass is 32.2. The summed E-state index contributed by atoms with van der Waals surface area (Å²) in [6.45, 7) is 15.7. The molecule has 1 N–H and O–H groups in total. The molecule has 5 nitrogen and oxygen atoms in total. The second-order valence-electron chi connectivity index (χ2n) is 6.85. The number of allylic oxidation sites excluding steroid dienone is 7. The van der Waals surface area contributed by atoms with Crippen molar-refractivity contribution in [1.29, 1.82) is 0 Å². The van der Waals surface area contributed by atoms with Crippen LogP contribution in [0.2, 0.25) is 0 Å². The molecule has 0 aromatic carbocycles. The Kier molecular flexibility index (Phi) is 23.6. The van der Waals surface area contributed by atoms with E-state index in [0.717, 1.165) is 50.4 Å². The largest absolute Gasteiger partial charge is 0.482 e. The third kappa shape index (κ3) is 20.2. The van der Waals surface area contributed by atoms with Crippen LogP contribution in [0.25, 0.3) is 0 Å². The number of carbonyl (C=O) groups is 1. The lowest BCUT2D eigenvalue weighted by Gasteiger charge is -2.20. The summed E-state index contributed by atoms with van der Waals surface area (Å²) in [5.41, 5.74) is -0.796. The van der Waals surface area contributed by atoms with Crippen LogP contribution in [-0.4, -0.2) is 65.7 Å². The van der Waals surface area contributed by atoms with Gasteiger partial charge in [-0.1, -0.05) is 64.7 Å². The molecule has 0 radical (unpaired) electrons. The molecule has 0 unspecified atom stereocenters. The molecule has 0 bridgehead atoms. The van der Waals surface area contributed by atoms with E-state index in [1.165, 1.54) is 17.8 Å². The number of thioether (sulfide) groups is 1. The highest BCUT2D eigenvalue weighted by Gasteiger charge is 2.30. The summed E-state index contributed by atoms with van der Waals surface area (Å²) in [6.07, 6.45) is 11.2. The van der Waals surface area contributed by atoms with Gasteiger partial charge in [0.25, 0.3) is 0 Å². The Hall–Kier alpha value is -2.52. The molecule has 0 aromatic rings. The molecule has 0 saturated heterocycles. The molecule has 1 rings (SSSR count).